The molecule has 7 rings (SSSR count). The van der Waals surface area contributed by atoms with E-state index in [-0.39, 0.29) is 0 Å². The minimum atomic E-state index is 1.08. The van der Waals surface area contributed by atoms with Gasteiger partial charge in [-0.25, -0.2) is 0 Å². The van der Waals surface area contributed by atoms with E-state index in [1.807, 2.05) is 0 Å². The quantitative estimate of drug-likeness (QED) is 0.526. The Bertz CT molecular complexity index is 261. The summed E-state index contributed by atoms with van der Waals surface area (Å²) in [6, 6.07) is 0. The lowest BCUT2D eigenvalue weighted by atomic mass is 8.96. The van der Waals surface area contributed by atoms with E-state index in [1.165, 1.54) is 47.3 Å². The van der Waals surface area contributed by atoms with Gasteiger partial charge in [-0.15, -0.1) is 0 Å². The average Bonchev–Trinajstić information content (AvgIpc) is 2.87. The molecule has 0 heterocycles. The van der Waals surface area contributed by atoms with Gasteiger partial charge in [-0.05, 0) is 65.6 Å². The third-order valence-electron chi connectivity index (χ3n) is 6.84. The van der Waals surface area contributed by atoms with Crippen LogP contribution in [0.5, 0.6) is 0 Å². The van der Waals surface area contributed by atoms with Crippen molar-refractivity contribution < 1.29 is 0 Å². The Kier molecular flexibility index (Phi) is 0.309. The first kappa shape index (κ1) is 4.30. The van der Waals surface area contributed by atoms with Gasteiger partial charge in [0.15, 0.2) is 0 Å². The van der Waals surface area contributed by atoms with Gasteiger partial charge in [0.1, 0.15) is 0 Å². The predicted octanol–water partition coefficient (Wildman–Crippen LogP) is 1.76. The van der Waals surface area contributed by atoms with Gasteiger partial charge in [0.2, 0.25) is 0 Å². The smallest absolute Gasteiger partial charge is 0.0167 e. The summed E-state index contributed by atoms with van der Waals surface area (Å²) in [4.78, 5) is 0. The van der Waals surface area contributed by atoms with E-state index in [0.717, 1.165) is 5.41 Å². The van der Waals surface area contributed by atoms with Crippen molar-refractivity contribution in [2.24, 2.45) is 52.8 Å². The number of hydrogen-bond acceptors (Lipinski definition) is 0. The zero-order chi connectivity index (χ0) is 6.53. The standard InChI is InChI=1S/C11H12/c1-2-3(1)11-8-5-4-6(8)10(11)7(4)9(5)11/h3-10H,1-2H2. The highest BCUT2D eigenvalue weighted by Crippen LogP contribution is 3.08. The Labute approximate surface area is 66.4 Å². The molecule has 0 aliphatic heterocycles. The Morgan fingerprint density at radius 2 is 1.27 bits per heavy atom. The molecule has 0 aromatic heterocycles. The van der Waals surface area contributed by atoms with E-state index in [0.29, 0.717) is 0 Å². The van der Waals surface area contributed by atoms with E-state index in [9.17, 15) is 0 Å². The van der Waals surface area contributed by atoms with Gasteiger partial charge in [-0.1, -0.05) is 0 Å². The average molecular weight is 144 g/mol. The highest BCUT2D eigenvalue weighted by atomic mass is 15.1. The molecule has 0 atom stereocenters. The fourth-order valence-electron chi connectivity index (χ4n) is 6.92. The summed E-state index contributed by atoms with van der Waals surface area (Å²) in [7, 11) is 0. The van der Waals surface area contributed by atoms with Crippen LogP contribution in [0.3, 0.4) is 0 Å². The normalized spacial score (nSPS) is 95.5. The van der Waals surface area contributed by atoms with E-state index in [4.69, 9.17) is 0 Å². The molecule has 0 spiro atoms. The van der Waals surface area contributed by atoms with Crippen LogP contribution >= 0.6 is 0 Å². The summed E-state index contributed by atoms with van der Waals surface area (Å²) in [6.07, 6.45) is 3.25. The highest BCUT2D eigenvalue weighted by molar-refractivity contribution is 5.51. The summed E-state index contributed by atoms with van der Waals surface area (Å²) in [5.74, 6) is 10.6. The molecule has 7 fully saturated rings. The lowest BCUT2D eigenvalue weighted by molar-refractivity contribution is -0.620. The Morgan fingerprint density at radius 3 is 1.73 bits per heavy atom. The van der Waals surface area contributed by atoms with E-state index in [2.05, 4.69) is 0 Å². The fraction of sp³-hybridized carbons (Fsp3) is 1.00. The topological polar surface area (TPSA) is 0 Å². The third kappa shape index (κ3) is 0.161. The second-order valence-electron chi connectivity index (χ2n) is 6.16. The maximum Gasteiger partial charge on any atom is -0.0167 e. The van der Waals surface area contributed by atoms with Gasteiger partial charge in [0, 0.05) is 0 Å². The summed E-state index contributed by atoms with van der Waals surface area (Å²) < 4.78 is 0. The van der Waals surface area contributed by atoms with Gasteiger partial charge in [0.05, 0.1) is 0 Å². The predicted molar refractivity (Wildman–Crippen MR) is 39.6 cm³/mol. The zero-order valence-electron chi connectivity index (χ0n) is 6.53. The minimum Gasteiger partial charge on any atom is -0.0496 e. The van der Waals surface area contributed by atoms with Crippen molar-refractivity contribution in [1.29, 1.82) is 0 Å². The minimum absolute atomic E-state index is 1.08. The Hall–Kier alpha value is 0. The van der Waals surface area contributed by atoms with Crippen LogP contribution in [0, 0.1) is 52.8 Å². The van der Waals surface area contributed by atoms with Crippen molar-refractivity contribution in [3.05, 3.63) is 0 Å². The van der Waals surface area contributed by atoms with Gasteiger partial charge in [-0.3, -0.25) is 0 Å². The Balaban J connectivity index is 1.66. The van der Waals surface area contributed by atoms with Crippen molar-refractivity contribution in [2.75, 3.05) is 0 Å². The SMILES string of the molecule is C1CC1C12C3C4C5C3C1C5C42. The molecular weight excluding hydrogens is 132 g/mol. The first-order valence-corrected chi connectivity index (χ1v) is 5.47. The van der Waals surface area contributed by atoms with Crippen LogP contribution in [-0.2, 0) is 0 Å². The first-order valence-electron chi connectivity index (χ1n) is 5.47. The molecule has 0 radical (unpaired) electrons. The van der Waals surface area contributed by atoms with Crippen LogP contribution in [0.25, 0.3) is 0 Å². The number of rotatable bonds is 1. The fourth-order valence-corrected chi connectivity index (χ4v) is 6.92. The summed E-state index contributed by atoms with van der Waals surface area (Å²) in [6.45, 7) is 0. The molecule has 0 amide bonds. The van der Waals surface area contributed by atoms with Crippen molar-refractivity contribution in [2.45, 2.75) is 12.8 Å². The van der Waals surface area contributed by atoms with Crippen molar-refractivity contribution >= 4 is 0 Å². The molecule has 0 aromatic rings. The molecule has 0 unspecified atom stereocenters. The Morgan fingerprint density at radius 1 is 0.727 bits per heavy atom. The van der Waals surface area contributed by atoms with Gasteiger partial charge < -0.3 is 0 Å². The van der Waals surface area contributed by atoms with Crippen LogP contribution < -0.4 is 0 Å². The molecule has 0 nitrogen and oxygen atoms in total. The lowest BCUT2D eigenvalue weighted by Gasteiger charge is -3.08. The maximum atomic E-state index is 1.63. The highest BCUT2D eigenvalue weighted by Gasteiger charge is 3.05. The second kappa shape index (κ2) is 0.791. The van der Waals surface area contributed by atoms with E-state index in [1.54, 1.807) is 12.8 Å². The molecule has 0 heteroatoms. The van der Waals surface area contributed by atoms with Crippen LogP contribution in [0.15, 0.2) is 0 Å². The molecular formula is C11H12. The molecule has 11 heavy (non-hydrogen) atoms. The van der Waals surface area contributed by atoms with Crippen molar-refractivity contribution in [3.8, 4) is 0 Å². The van der Waals surface area contributed by atoms with Crippen LogP contribution in [-0.4, -0.2) is 0 Å². The summed E-state index contributed by atoms with van der Waals surface area (Å²) >= 11 is 0. The largest absolute Gasteiger partial charge is 0.0496 e. The van der Waals surface area contributed by atoms with Crippen molar-refractivity contribution in [1.82, 2.24) is 0 Å². The summed E-state index contributed by atoms with van der Waals surface area (Å²) in [5.41, 5.74) is 1.08. The molecule has 0 bridgehead atoms. The lowest BCUT2D eigenvalue weighted by Crippen LogP contribution is -3.05. The molecule has 7 aliphatic carbocycles. The molecule has 0 N–H and O–H groups in total. The second-order valence-corrected chi connectivity index (χ2v) is 6.16. The van der Waals surface area contributed by atoms with E-state index < -0.39 is 0 Å². The van der Waals surface area contributed by atoms with E-state index >= 15 is 0 Å². The first-order chi connectivity index (χ1) is 5.47. The van der Waals surface area contributed by atoms with Crippen LogP contribution in [0.1, 0.15) is 12.8 Å². The molecule has 7 aliphatic rings. The maximum absolute atomic E-state index is 1.63. The molecule has 0 saturated heterocycles. The van der Waals surface area contributed by atoms with Crippen LogP contribution in [0.4, 0.5) is 0 Å². The monoisotopic (exact) mass is 144 g/mol. The molecule has 0 aromatic carbocycles. The zero-order valence-corrected chi connectivity index (χ0v) is 6.53. The van der Waals surface area contributed by atoms with Gasteiger partial charge >= 0.3 is 0 Å². The van der Waals surface area contributed by atoms with Crippen molar-refractivity contribution in [3.63, 3.8) is 0 Å². The number of hydrogen-bond donors (Lipinski definition) is 0. The molecule has 7 saturated carbocycles. The third-order valence-corrected chi connectivity index (χ3v) is 6.84. The van der Waals surface area contributed by atoms with Gasteiger partial charge in [-0.2, -0.15) is 0 Å². The summed E-state index contributed by atoms with van der Waals surface area (Å²) in [5, 5.41) is 0. The van der Waals surface area contributed by atoms with Crippen LogP contribution in [0.2, 0.25) is 0 Å². The van der Waals surface area contributed by atoms with Gasteiger partial charge in [0.25, 0.3) is 0 Å². The molecule has 56 valence electrons.